The van der Waals surface area contributed by atoms with Gasteiger partial charge < -0.3 is 21.5 Å². The lowest BCUT2D eigenvalue weighted by atomic mass is 10.1. The number of hydrogen-bond acceptors (Lipinski definition) is 4. The first-order valence-corrected chi connectivity index (χ1v) is 5.00. The largest absolute Gasteiger partial charge is 0.495 e. The molecule has 0 bridgehead atoms. The van der Waals surface area contributed by atoms with Crippen LogP contribution >= 0.6 is 0 Å². The quantitative estimate of drug-likeness (QED) is 0.689. The molecule has 17 heavy (non-hydrogen) atoms. The molecule has 1 unspecified atom stereocenters. The number of hydrogen-bond donors (Lipinski definition) is 3. The van der Waals surface area contributed by atoms with Gasteiger partial charge in [-0.05, 0) is 25.1 Å². The van der Waals surface area contributed by atoms with Gasteiger partial charge in [0.05, 0.1) is 18.8 Å². The molecule has 1 atom stereocenters. The van der Waals surface area contributed by atoms with E-state index >= 15 is 0 Å². The summed E-state index contributed by atoms with van der Waals surface area (Å²) in [7, 11) is 1.46. The Morgan fingerprint density at radius 3 is 2.53 bits per heavy atom. The molecule has 0 aliphatic carbocycles. The van der Waals surface area contributed by atoms with Crippen molar-refractivity contribution in [1.29, 1.82) is 0 Å². The summed E-state index contributed by atoms with van der Waals surface area (Å²) < 4.78 is 5.05. The summed E-state index contributed by atoms with van der Waals surface area (Å²) in [6.07, 6.45) is 0. The molecule has 1 rings (SSSR count). The van der Waals surface area contributed by atoms with Gasteiger partial charge in [0.2, 0.25) is 11.8 Å². The van der Waals surface area contributed by atoms with E-state index in [1.54, 1.807) is 13.0 Å². The Bertz CT molecular complexity index is 444. The van der Waals surface area contributed by atoms with Crippen LogP contribution in [0.15, 0.2) is 18.2 Å². The van der Waals surface area contributed by atoms with E-state index in [4.69, 9.17) is 16.2 Å². The van der Waals surface area contributed by atoms with Crippen LogP contribution < -0.4 is 21.5 Å². The first-order chi connectivity index (χ1) is 7.95. The molecule has 0 fully saturated rings. The molecule has 0 spiro atoms. The van der Waals surface area contributed by atoms with Crippen LogP contribution in [0.4, 0.5) is 5.69 Å². The van der Waals surface area contributed by atoms with Crippen molar-refractivity contribution in [2.75, 3.05) is 12.4 Å². The smallest absolute Gasteiger partial charge is 0.248 e. The van der Waals surface area contributed by atoms with Crippen LogP contribution in [0.5, 0.6) is 5.75 Å². The number of carbonyl (C=O) groups is 2. The molecule has 0 aliphatic heterocycles. The molecule has 2 amide bonds. The van der Waals surface area contributed by atoms with Crippen molar-refractivity contribution in [3.8, 4) is 5.75 Å². The highest BCUT2D eigenvalue weighted by Gasteiger charge is 2.12. The zero-order valence-electron chi connectivity index (χ0n) is 9.69. The van der Waals surface area contributed by atoms with Gasteiger partial charge in [-0.2, -0.15) is 0 Å². The summed E-state index contributed by atoms with van der Waals surface area (Å²) in [4.78, 5) is 22.5. The standard InChI is InChI=1S/C11H15N3O3/c1-6(12)11(16)14-8-5-7(10(13)15)3-4-9(8)17-2/h3-6H,12H2,1-2H3,(H2,13,15)(H,14,16). The average Bonchev–Trinajstić information content (AvgIpc) is 2.28. The molecule has 0 saturated carbocycles. The molecule has 0 aromatic heterocycles. The molecule has 1 aromatic carbocycles. The monoisotopic (exact) mass is 237 g/mol. The molecule has 0 saturated heterocycles. The lowest BCUT2D eigenvalue weighted by Gasteiger charge is -2.12. The third kappa shape index (κ3) is 3.18. The van der Waals surface area contributed by atoms with E-state index < -0.39 is 11.9 Å². The van der Waals surface area contributed by atoms with Crippen molar-refractivity contribution in [2.24, 2.45) is 11.5 Å². The van der Waals surface area contributed by atoms with Crippen molar-refractivity contribution < 1.29 is 14.3 Å². The highest BCUT2D eigenvalue weighted by Crippen LogP contribution is 2.25. The van der Waals surface area contributed by atoms with Crippen molar-refractivity contribution in [3.63, 3.8) is 0 Å². The normalized spacial score (nSPS) is 11.7. The van der Waals surface area contributed by atoms with Gasteiger partial charge in [-0.15, -0.1) is 0 Å². The molecular formula is C11H15N3O3. The molecular weight excluding hydrogens is 222 g/mol. The van der Waals surface area contributed by atoms with E-state index in [1.165, 1.54) is 19.2 Å². The summed E-state index contributed by atoms with van der Waals surface area (Å²) in [5, 5.41) is 2.56. The number of methoxy groups -OCH3 is 1. The van der Waals surface area contributed by atoms with Gasteiger partial charge in [0.15, 0.2) is 0 Å². The molecule has 92 valence electrons. The minimum Gasteiger partial charge on any atom is -0.495 e. The zero-order valence-corrected chi connectivity index (χ0v) is 9.69. The summed E-state index contributed by atoms with van der Waals surface area (Å²) in [6, 6.07) is 3.86. The van der Waals surface area contributed by atoms with Crippen molar-refractivity contribution in [3.05, 3.63) is 23.8 Å². The minimum atomic E-state index is -0.656. The maximum absolute atomic E-state index is 11.5. The molecule has 0 aliphatic rings. The lowest BCUT2D eigenvalue weighted by Crippen LogP contribution is -2.32. The second-order valence-corrected chi connectivity index (χ2v) is 3.56. The van der Waals surface area contributed by atoms with E-state index in [0.717, 1.165) is 0 Å². The van der Waals surface area contributed by atoms with Crippen LogP contribution in [0, 0.1) is 0 Å². The van der Waals surface area contributed by atoms with Crippen molar-refractivity contribution in [1.82, 2.24) is 0 Å². The Morgan fingerprint density at radius 1 is 1.41 bits per heavy atom. The van der Waals surface area contributed by atoms with Crippen LogP contribution in [0.25, 0.3) is 0 Å². The molecule has 1 aromatic rings. The van der Waals surface area contributed by atoms with Crippen LogP contribution in [-0.4, -0.2) is 25.0 Å². The summed E-state index contributed by atoms with van der Waals surface area (Å²) in [5.41, 5.74) is 11.2. The topological polar surface area (TPSA) is 107 Å². The lowest BCUT2D eigenvalue weighted by molar-refractivity contribution is -0.117. The molecule has 5 N–H and O–H groups in total. The highest BCUT2D eigenvalue weighted by atomic mass is 16.5. The first-order valence-electron chi connectivity index (χ1n) is 5.00. The predicted octanol–water partition coefficient (Wildman–Crippen LogP) is 0.0798. The Kier molecular flexibility index (Phi) is 4.06. The maximum Gasteiger partial charge on any atom is 0.248 e. The third-order valence-electron chi connectivity index (χ3n) is 2.16. The fourth-order valence-electron chi connectivity index (χ4n) is 1.21. The Hall–Kier alpha value is -2.08. The van der Waals surface area contributed by atoms with E-state index in [1.807, 2.05) is 0 Å². The average molecular weight is 237 g/mol. The van der Waals surface area contributed by atoms with Crippen molar-refractivity contribution in [2.45, 2.75) is 13.0 Å². The number of ether oxygens (including phenoxy) is 1. The van der Waals surface area contributed by atoms with Crippen LogP contribution in [0.2, 0.25) is 0 Å². The van der Waals surface area contributed by atoms with Gasteiger partial charge in [0.1, 0.15) is 5.75 Å². The van der Waals surface area contributed by atoms with Crippen LogP contribution in [0.1, 0.15) is 17.3 Å². The Morgan fingerprint density at radius 2 is 2.06 bits per heavy atom. The number of amides is 2. The number of anilines is 1. The van der Waals surface area contributed by atoms with E-state index in [2.05, 4.69) is 5.32 Å². The number of carbonyl (C=O) groups excluding carboxylic acids is 2. The molecule has 0 heterocycles. The van der Waals surface area contributed by atoms with Gasteiger partial charge in [0.25, 0.3) is 0 Å². The first kappa shape index (κ1) is 13.0. The fourth-order valence-corrected chi connectivity index (χ4v) is 1.21. The van der Waals surface area contributed by atoms with Crippen LogP contribution in [0.3, 0.4) is 0 Å². The number of benzene rings is 1. The van der Waals surface area contributed by atoms with Gasteiger partial charge in [-0.3, -0.25) is 9.59 Å². The van der Waals surface area contributed by atoms with E-state index in [9.17, 15) is 9.59 Å². The highest BCUT2D eigenvalue weighted by molar-refractivity contribution is 5.99. The van der Waals surface area contributed by atoms with Gasteiger partial charge in [-0.1, -0.05) is 0 Å². The Labute approximate surface area is 98.9 Å². The SMILES string of the molecule is COc1ccc(C(N)=O)cc1NC(=O)C(C)N. The molecule has 6 heteroatoms. The van der Waals surface area contributed by atoms with Gasteiger partial charge >= 0.3 is 0 Å². The predicted molar refractivity (Wildman–Crippen MR) is 63.8 cm³/mol. The second-order valence-electron chi connectivity index (χ2n) is 3.56. The van der Waals surface area contributed by atoms with Crippen LogP contribution in [-0.2, 0) is 4.79 Å². The van der Waals surface area contributed by atoms with Gasteiger partial charge in [0, 0.05) is 5.56 Å². The third-order valence-corrected chi connectivity index (χ3v) is 2.16. The maximum atomic E-state index is 11.5. The number of nitrogens with two attached hydrogens (primary N) is 2. The number of nitrogens with one attached hydrogen (secondary N) is 1. The minimum absolute atomic E-state index is 0.283. The van der Waals surface area contributed by atoms with Gasteiger partial charge in [-0.25, -0.2) is 0 Å². The molecule has 0 radical (unpaired) electrons. The number of rotatable bonds is 4. The van der Waals surface area contributed by atoms with E-state index in [0.29, 0.717) is 11.4 Å². The Balaban J connectivity index is 3.06. The second kappa shape index (κ2) is 5.31. The zero-order chi connectivity index (χ0) is 13.0. The molecule has 6 nitrogen and oxygen atoms in total. The fraction of sp³-hybridized carbons (Fsp3) is 0.273. The summed E-state index contributed by atoms with van der Waals surface area (Å²) in [5.74, 6) is -0.516. The van der Waals surface area contributed by atoms with Crippen molar-refractivity contribution >= 4 is 17.5 Å². The van der Waals surface area contributed by atoms with E-state index in [-0.39, 0.29) is 11.5 Å². The summed E-state index contributed by atoms with van der Waals surface area (Å²) >= 11 is 0. The summed E-state index contributed by atoms with van der Waals surface area (Å²) in [6.45, 7) is 1.56. The number of primary amides is 1.